The number of nitriles is 1. The lowest BCUT2D eigenvalue weighted by Gasteiger charge is -2.44. The van der Waals surface area contributed by atoms with Crippen LogP contribution >= 0.6 is 0 Å². The molecule has 0 N–H and O–H groups in total. The van der Waals surface area contributed by atoms with Crippen molar-refractivity contribution in [2.75, 3.05) is 33.2 Å². The number of hydrogen-bond donors (Lipinski definition) is 0. The van der Waals surface area contributed by atoms with Gasteiger partial charge in [0.15, 0.2) is 0 Å². The van der Waals surface area contributed by atoms with Gasteiger partial charge in [0, 0.05) is 26.2 Å². The van der Waals surface area contributed by atoms with Gasteiger partial charge in [-0.25, -0.2) is 0 Å². The van der Waals surface area contributed by atoms with Gasteiger partial charge in [-0.05, 0) is 25.8 Å². The van der Waals surface area contributed by atoms with Gasteiger partial charge in [0.1, 0.15) is 5.41 Å². The summed E-state index contributed by atoms with van der Waals surface area (Å²) in [6.45, 7) is 5.48. The molecule has 0 atom stereocenters. The summed E-state index contributed by atoms with van der Waals surface area (Å²) >= 11 is 0. The Balaban J connectivity index is 2.00. The van der Waals surface area contributed by atoms with Gasteiger partial charge in [0.05, 0.1) is 6.07 Å². The van der Waals surface area contributed by atoms with Gasteiger partial charge in [0.2, 0.25) is 5.91 Å². The summed E-state index contributed by atoms with van der Waals surface area (Å²) in [6, 6.07) is 2.25. The minimum atomic E-state index is -0.685. The molecule has 88 valence electrons. The summed E-state index contributed by atoms with van der Waals surface area (Å²) in [7, 11) is 2.06. The van der Waals surface area contributed by atoms with Crippen molar-refractivity contribution in [3.63, 3.8) is 0 Å². The largest absolute Gasteiger partial charge is 0.339 e. The molecule has 0 unspecified atom stereocenters. The number of hydrogen-bond acceptors (Lipinski definition) is 3. The molecule has 1 saturated carbocycles. The van der Waals surface area contributed by atoms with Gasteiger partial charge in [-0.3, -0.25) is 4.79 Å². The molecule has 0 aromatic rings. The molecule has 0 radical (unpaired) electrons. The van der Waals surface area contributed by atoms with Crippen LogP contribution in [0.3, 0.4) is 0 Å². The molecule has 1 saturated heterocycles. The number of likely N-dealkylation sites (N-methyl/N-ethyl adjacent to an activating group) is 1. The predicted octanol–water partition coefficient (Wildman–Crippen LogP) is 0.700. The lowest BCUT2D eigenvalue weighted by molar-refractivity contribution is -0.146. The Morgan fingerprint density at radius 2 is 1.88 bits per heavy atom. The molecule has 1 amide bonds. The van der Waals surface area contributed by atoms with Crippen LogP contribution in [0.4, 0.5) is 0 Å². The maximum atomic E-state index is 12.3. The van der Waals surface area contributed by atoms with E-state index in [1.807, 2.05) is 4.90 Å². The van der Waals surface area contributed by atoms with Crippen LogP contribution in [0, 0.1) is 22.7 Å². The standard InChI is InChI=1S/C12H19N3O/c1-10-7-12(8-10,9-13)11(16)15-5-3-14(2)4-6-15/h10H,3-8H2,1-2H3. The smallest absolute Gasteiger partial charge is 0.243 e. The first-order valence-corrected chi connectivity index (χ1v) is 5.96. The minimum absolute atomic E-state index is 0.0706. The van der Waals surface area contributed by atoms with Crippen molar-refractivity contribution >= 4 is 5.91 Å². The fourth-order valence-corrected chi connectivity index (χ4v) is 2.76. The highest BCUT2D eigenvalue weighted by molar-refractivity contribution is 5.86. The van der Waals surface area contributed by atoms with E-state index in [9.17, 15) is 10.1 Å². The summed E-state index contributed by atoms with van der Waals surface area (Å²) in [5.41, 5.74) is -0.685. The second-order valence-electron chi connectivity index (χ2n) is 5.30. The molecule has 0 aromatic heterocycles. The summed E-state index contributed by atoms with van der Waals surface area (Å²) in [5.74, 6) is 0.595. The Morgan fingerprint density at radius 3 is 2.31 bits per heavy atom. The average Bonchev–Trinajstić information content (AvgIpc) is 2.24. The number of nitrogens with zero attached hydrogens (tertiary/aromatic N) is 3. The molecule has 4 nitrogen and oxygen atoms in total. The highest BCUT2D eigenvalue weighted by Crippen LogP contribution is 2.46. The lowest BCUT2D eigenvalue weighted by atomic mass is 9.62. The van der Waals surface area contributed by atoms with Crippen molar-refractivity contribution < 1.29 is 4.79 Å². The van der Waals surface area contributed by atoms with Gasteiger partial charge in [-0.15, -0.1) is 0 Å². The highest BCUT2D eigenvalue weighted by atomic mass is 16.2. The maximum Gasteiger partial charge on any atom is 0.243 e. The van der Waals surface area contributed by atoms with E-state index in [4.69, 9.17) is 0 Å². The van der Waals surface area contributed by atoms with Gasteiger partial charge in [-0.1, -0.05) is 6.92 Å². The minimum Gasteiger partial charge on any atom is -0.339 e. The van der Waals surface area contributed by atoms with Gasteiger partial charge in [0.25, 0.3) is 0 Å². The zero-order valence-electron chi connectivity index (χ0n) is 10.1. The van der Waals surface area contributed by atoms with Gasteiger partial charge in [-0.2, -0.15) is 5.26 Å². The molecule has 4 heteroatoms. The second-order valence-corrected chi connectivity index (χ2v) is 5.30. The van der Waals surface area contributed by atoms with Crippen molar-refractivity contribution in [2.45, 2.75) is 19.8 Å². The maximum absolute atomic E-state index is 12.3. The third-order valence-electron chi connectivity index (χ3n) is 3.81. The van der Waals surface area contributed by atoms with E-state index in [1.165, 1.54) is 0 Å². The van der Waals surface area contributed by atoms with E-state index in [1.54, 1.807) is 0 Å². The number of rotatable bonds is 1. The van der Waals surface area contributed by atoms with Gasteiger partial charge < -0.3 is 9.80 Å². The van der Waals surface area contributed by atoms with E-state index in [2.05, 4.69) is 24.9 Å². The van der Waals surface area contributed by atoms with Crippen molar-refractivity contribution in [2.24, 2.45) is 11.3 Å². The quantitative estimate of drug-likeness (QED) is 0.655. The van der Waals surface area contributed by atoms with Gasteiger partial charge >= 0.3 is 0 Å². The molecule has 0 aromatic carbocycles. The van der Waals surface area contributed by atoms with Crippen LogP contribution < -0.4 is 0 Å². The van der Waals surface area contributed by atoms with Crippen LogP contribution in [0.25, 0.3) is 0 Å². The topological polar surface area (TPSA) is 47.3 Å². The summed E-state index contributed by atoms with van der Waals surface area (Å²) in [4.78, 5) is 16.4. The summed E-state index contributed by atoms with van der Waals surface area (Å²) < 4.78 is 0. The van der Waals surface area contributed by atoms with E-state index in [0.717, 1.165) is 39.0 Å². The highest BCUT2D eigenvalue weighted by Gasteiger charge is 2.50. The third kappa shape index (κ3) is 1.80. The zero-order valence-corrected chi connectivity index (χ0v) is 10.1. The van der Waals surface area contributed by atoms with Crippen molar-refractivity contribution in [1.82, 2.24) is 9.80 Å². The molecule has 1 heterocycles. The molecule has 1 aliphatic carbocycles. The fourth-order valence-electron chi connectivity index (χ4n) is 2.76. The molecule has 16 heavy (non-hydrogen) atoms. The second kappa shape index (κ2) is 4.06. The van der Waals surface area contributed by atoms with Crippen molar-refractivity contribution in [3.05, 3.63) is 0 Å². The average molecular weight is 221 g/mol. The number of amides is 1. The fraction of sp³-hybridized carbons (Fsp3) is 0.833. The molecular formula is C12H19N3O. The first kappa shape index (κ1) is 11.4. The van der Waals surface area contributed by atoms with Crippen LogP contribution in [0.1, 0.15) is 19.8 Å². The van der Waals surface area contributed by atoms with E-state index in [0.29, 0.717) is 5.92 Å². The molecule has 0 spiro atoms. The van der Waals surface area contributed by atoms with E-state index in [-0.39, 0.29) is 5.91 Å². The van der Waals surface area contributed by atoms with Crippen molar-refractivity contribution in [3.8, 4) is 6.07 Å². The monoisotopic (exact) mass is 221 g/mol. The van der Waals surface area contributed by atoms with Crippen LogP contribution in [-0.2, 0) is 4.79 Å². The first-order chi connectivity index (χ1) is 7.57. The number of carbonyl (C=O) groups excluding carboxylic acids is 1. The van der Waals surface area contributed by atoms with Crippen LogP contribution in [0.5, 0.6) is 0 Å². The van der Waals surface area contributed by atoms with Crippen LogP contribution in [-0.4, -0.2) is 48.9 Å². The normalized spacial score (nSPS) is 35.3. The molecule has 1 aliphatic heterocycles. The van der Waals surface area contributed by atoms with Crippen LogP contribution in [0.15, 0.2) is 0 Å². The molecule has 0 bridgehead atoms. The van der Waals surface area contributed by atoms with E-state index >= 15 is 0 Å². The molecular weight excluding hydrogens is 202 g/mol. The SMILES string of the molecule is CC1CC(C#N)(C(=O)N2CCN(C)CC2)C1. The zero-order chi connectivity index (χ0) is 11.8. The Kier molecular flexibility index (Phi) is 2.90. The molecule has 2 rings (SSSR count). The van der Waals surface area contributed by atoms with E-state index < -0.39 is 5.41 Å². The number of piperazine rings is 1. The Bertz CT molecular complexity index is 320. The predicted molar refractivity (Wildman–Crippen MR) is 60.5 cm³/mol. The molecule has 2 aliphatic rings. The third-order valence-corrected chi connectivity index (χ3v) is 3.81. The Morgan fingerprint density at radius 1 is 1.31 bits per heavy atom. The first-order valence-electron chi connectivity index (χ1n) is 5.96. The Hall–Kier alpha value is -1.08. The summed E-state index contributed by atoms with van der Waals surface area (Å²) in [5, 5.41) is 9.20. The van der Waals surface area contributed by atoms with Crippen molar-refractivity contribution in [1.29, 1.82) is 5.26 Å². The number of carbonyl (C=O) groups is 1. The van der Waals surface area contributed by atoms with Crippen LogP contribution in [0.2, 0.25) is 0 Å². The Labute approximate surface area is 96.8 Å². The summed E-state index contributed by atoms with van der Waals surface area (Å²) in [6.07, 6.45) is 1.49. The lowest BCUT2D eigenvalue weighted by Crippen LogP contribution is -2.55. The molecule has 2 fully saturated rings.